The SMILES string of the molecule is Cc1ccc(C(=O)NCC(C)N)n1C. The second-order valence-electron chi connectivity index (χ2n) is 3.61. The molecule has 1 atom stereocenters. The van der Waals surface area contributed by atoms with Gasteiger partial charge in [-0.1, -0.05) is 0 Å². The minimum Gasteiger partial charge on any atom is -0.349 e. The highest BCUT2D eigenvalue weighted by Crippen LogP contribution is 2.05. The Balaban J connectivity index is 2.66. The molecule has 0 aliphatic heterocycles. The first-order chi connectivity index (χ1) is 6.52. The quantitative estimate of drug-likeness (QED) is 0.734. The van der Waals surface area contributed by atoms with Gasteiger partial charge in [-0.15, -0.1) is 0 Å². The Bertz CT molecular complexity index is 328. The summed E-state index contributed by atoms with van der Waals surface area (Å²) in [4.78, 5) is 11.6. The van der Waals surface area contributed by atoms with E-state index in [2.05, 4.69) is 5.32 Å². The minimum absolute atomic E-state index is 0.0136. The number of aryl methyl sites for hydroxylation is 1. The molecule has 0 saturated carbocycles. The van der Waals surface area contributed by atoms with Gasteiger partial charge in [-0.05, 0) is 26.0 Å². The monoisotopic (exact) mass is 195 g/mol. The van der Waals surface area contributed by atoms with E-state index in [0.29, 0.717) is 12.2 Å². The van der Waals surface area contributed by atoms with Gasteiger partial charge in [-0.2, -0.15) is 0 Å². The number of nitrogens with zero attached hydrogens (tertiary/aromatic N) is 1. The summed E-state index contributed by atoms with van der Waals surface area (Å²) in [5.74, 6) is -0.0714. The zero-order valence-electron chi connectivity index (χ0n) is 8.87. The normalized spacial score (nSPS) is 12.6. The fourth-order valence-electron chi connectivity index (χ4n) is 1.19. The molecular weight excluding hydrogens is 178 g/mol. The van der Waals surface area contributed by atoms with Gasteiger partial charge in [0, 0.05) is 25.3 Å². The number of hydrogen-bond donors (Lipinski definition) is 2. The van der Waals surface area contributed by atoms with E-state index >= 15 is 0 Å². The second-order valence-corrected chi connectivity index (χ2v) is 3.61. The van der Waals surface area contributed by atoms with Crippen LogP contribution >= 0.6 is 0 Å². The first-order valence-corrected chi connectivity index (χ1v) is 4.68. The largest absolute Gasteiger partial charge is 0.349 e. The molecule has 14 heavy (non-hydrogen) atoms. The second kappa shape index (κ2) is 4.28. The third-order valence-electron chi connectivity index (χ3n) is 2.19. The zero-order chi connectivity index (χ0) is 10.7. The molecule has 3 N–H and O–H groups in total. The Kier molecular flexibility index (Phi) is 3.30. The van der Waals surface area contributed by atoms with Gasteiger partial charge >= 0.3 is 0 Å². The summed E-state index contributed by atoms with van der Waals surface area (Å²) in [6.45, 7) is 4.32. The predicted octanol–water partition coefficient (Wildman–Crippen LogP) is 0.411. The van der Waals surface area contributed by atoms with Crippen LogP contribution in [-0.4, -0.2) is 23.1 Å². The molecule has 4 heteroatoms. The maximum atomic E-state index is 11.6. The number of amides is 1. The van der Waals surface area contributed by atoms with Gasteiger partial charge in [-0.3, -0.25) is 4.79 Å². The Labute approximate surface area is 84.1 Å². The lowest BCUT2D eigenvalue weighted by atomic mass is 10.3. The van der Waals surface area contributed by atoms with Crippen molar-refractivity contribution in [2.45, 2.75) is 19.9 Å². The number of hydrogen-bond acceptors (Lipinski definition) is 2. The van der Waals surface area contributed by atoms with Crippen molar-refractivity contribution in [2.24, 2.45) is 12.8 Å². The van der Waals surface area contributed by atoms with Crippen molar-refractivity contribution in [2.75, 3.05) is 6.54 Å². The molecular formula is C10H17N3O. The van der Waals surface area contributed by atoms with Gasteiger partial charge in [0.1, 0.15) is 5.69 Å². The molecule has 1 aromatic heterocycles. The van der Waals surface area contributed by atoms with E-state index in [1.165, 1.54) is 0 Å². The molecule has 0 saturated heterocycles. The maximum absolute atomic E-state index is 11.6. The number of nitrogens with two attached hydrogens (primary N) is 1. The van der Waals surface area contributed by atoms with E-state index in [4.69, 9.17) is 5.73 Å². The number of nitrogens with one attached hydrogen (secondary N) is 1. The molecule has 0 aromatic carbocycles. The molecule has 0 aliphatic carbocycles. The van der Waals surface area contributed by atoms with Crippen LogP contribution in [0.3, 0.4) is 0 Å². The van der Waals surface area contributed by atoms with E-state index in [0.717, 1.165) is 5.69 Å². The molecule has 0 aliphatic rings. The predicted molar refractivity (Wildman–Crippen MR) is 56.1 cm³/mol. The summed E-state index contributed by atoms with van der Waals surface area (Å²) in [5.41, 5.74) is 7.28. The summed E-state index contributed by atoms with van der Waals surface area (Å²) in [6.07, 6.45) is 0. The van der Waals surface area contributed by atoms with Crippen LogP contribution in [0.15, 0.2) is 12.1 Å². The molecule has 1 unspecified atom stereocenters. The van der Waals surface area contributed by atoms with Crippen molar-refractivity contribution >= 4 is 5.91 Å². The van der Waals surface area contributed by atoms with Crippen molar-refractivity contribution in [3.8, 4) is 0 Å². The Morgan fingerprint density at radius 3 is 2.71 bits per heavy atom. The van der Waals surface area contributed by atoms with Crippen LogP contribution in [0, 0.1) is 6.92 Å². The molecule has 4 nitrogen and oxygen atoms in total. The summed E-state index contributed by atoms with van der Waals surface area (Å²) >= 11 is 0. The third-order valence-corrected chi connectivity index (χ3v) is 2.19. The van der Waals surface area contributed by atoms with E-state index in [1.807, 2.05) is 37.6 Å². The highest BCUT2D eigenvalue weighted by atomic mass is 16.1. The average molecular weight is 195 g/mol. The smallest absolute Gasteiger partial charge is 0.267 e. The molecule has 1 amide bonds. The van der Waals surface area contributed by atoms with Crippen LogP contribution < -0.4 is 11.1 Å². The van der Waals surface area contributed by atoms with E-state index in [-0.39, 0.29) is 11.9 Å². The summed E-state index contributed by atoms with van der Waals surface area (Å²) in [7, 11) is 1.87. The maximum Gasteiger partial charge on any atom is 0.267 e. The van der Waals surface area contributed by atoms with Gasteiger partial charge in [0.05, 0.1) is 0 Å². The molecule has 78 valence electrons. The van der Waals surface area contributed by atoms with Gasteiger partial charge < -0.3 is 15.6 Å². The molecule has 0 radical (unpaired) electrons. The number of aromatic nitrogens is 1. The first kappa shape index (κ1) is 10.8. The Morgan fingerprint density at radius 2 is 2.29 bits per heavy atom. The highest BCUT2D eigenvalue weighted by Gasteiger charge is 2.10. The Morgan fingerprint density at radius 1 is 1.64 bits per heavy atom. The fourth-order valence-corrected chi connectivity index (χ4v) is 1.19. The van der Waals surface area contributed by atoms with E-state index < -0.39 is 0 Å². The van der Waals surface area contributed by atoms with Gasteiger partial charge in [0.15, 0.2) is 0 Å². The average Bonchev–Trinajstić information content (AvgIpc) is 2.44. The molecule has 1 aromatic rings. The van der Waals surface area contributed by atoms with Crippen LogP contribution in [0.1, 0.15) is 23.1 Å². The van der Waals surface area contributed by atoms with Gasteiger partial charge in [0.2, 0.25) is 0 Å². The van der Waals surface area contributed by atoms with Crippen molar-refractivity contribution in [1.29, 1.82) is 0 Å². The molecule has 1 heterocycles. The fraction of sp³-hybridized carbons (Fsp3) is 0.500. The summed E-state index contributed by atoms with van der Waals surface area (Å²) in [5, 5.41) is 2.77. The minimum atomic E-state index is -0.0714. The highest BCUT2D eigenvalue weighted by molar-refractivity contribution is 5.92. The third kappa shape index (κ3) is 2.35. The first-order valence-electron chi connectivity index (χ1n) is 4.68. The van der Waals surface area contributed by atoms with Crippen LogP contribution in [0.2, 0.25) is 0 Å². The number of carbonyl (C=O) groups excluding carboxylic acids is 1. The molecule has 0 bridgehead atoms. The summed E-state index contributed by atoms with van der Waals surface area (Å²) < 4.78 is 1.86. The molecule has 0 spiro atoms. The van der Waals surface area contributed by atoms with Crippen LogP contribution in [0.25, 0.3) is 0 Å². The summed E-state index contributed by atoms with van der Waals surface area (Å²) in [6, 6.07) is 3.72. The number of carbonyl (C=O) groups is 1. The Hall–Kier alpha value is -1.29. The van der Waals surface area contributed by atoms with E-state index in [9.17, 15) is 4.79 Å². The lowest BCUT2D eigenvalue weighted by molar-refractivity contribution is 0.0943. The molecule has 1 rings (SSSR count). The van der Waals surface area contributed by atoms with Crippen LogP contribution in [-0.2, 0) is 7.05 Å². The zero-order valence-corrected chi connectivity index (χ0v) is 8.87. The van der Waals surface area contributed by atoms with Gasteiger partial charge in [-0.25, -0.2) is 0 Å². The molecule has 0 fully saturated rings. The van der Waals surface area contributed by atoms with E-state index in [1.54, 1.807) is 0 Å². The van der Waals surface area contributed by atoms with Crippen molar-refractivity contribution in [3.05, 3.63) is 23.5 Å². The number of rotatable bonds is 3. The van der Waals surface area contributed by atoms with Crippen LogP contribution in [0.4, 0.5) is 0 Å². The van der Waals surface area contributed by atoms with Crippen molar-refractivity contribution in [1.82, 2.24) is 9.88 Å². The lowest BCUT2D eigenvalue weighted by Gasteiger charge is -2.08. The van der Waals surface area contributed by atoms with Crippen molar-refractivity contribution in [3.63, 3.8) is 0 Å². The lowest BCUT2D eigenvalue weighted by Crippen LogP contribution is -2.35. The van der Waals surface area contributed by atoms with Crippen molar-refractivity contribution < 1.29 is 4.79 Å². The van der Waals surface area contributed by atoms with Gasteiger partial charge in [0.25, 0.3) is 5.91 Å². The standard InChI is InChI=1S/C10H17N3O/c1-7(11)6-12-10(14)9-5-4-8(2)13(9)3/h4-5,7H,6,11H2,1-3H3,(H,12,14). The topological polar surface area (TPSA) is 60.1 Å². The van der Waals surface area contributed by atoms with Crippen LogP contribution in [0.5, 0.6) is 0 Å².